The minimum Gasteiger partial charge on any atom is -0.462 e. The van der Waals surface area contributed by atoms with E-state index in [0.717, 1.165) is 64.2 Å². The molecule has 0 saturated heterocycles. The van der Waals surface area contributed by atoms with Crippen LogP contribution < -0.4 is 0 Å². The van der Waals surface area contributed by atoms with Gasteiger partial charge in [-0.15, -0.1) is 0 Å². The number of hydrogen-bond acceptors (Lipinski definition) is 15. The summed E-state index contributed by atoms with van der Waals surface area (Å²) < 4.78 is 65.8. The maximum Gasteiger partial charge on any atom is 0.472 e. The average Bonchev–Trinajstić information content (AvgIpc) is 3.22. The van der Waals surface area contributed by atoms with Crippen molar-refractivity contribution in [2.75, 3.05) is 39.6 Å². The van der Waals surface area contributed by atoms with Crippen LogP contribution in [0.25, 0.3) is 0 Å². The molecule has 19 heteroatoms. The van der Waals surface area contributed by atoms with Gasteiger partial charge in [-0.2, -0.15) is 0 Å². The van der Waals surface area contributed by atoms with Crippen molar-refractivity contribution in [2.45, 2.75) is 207 Å². The molecule has 61 heavy (non-hydrogen) atoms. The Morgan fingerprint density at radius 3 is 1.07 bits per heavy atom. The van der Waals surface area contributed by atoms with Crippen LogP contribution in [0.4, 0.5) is 0 Å². The van der Waals surface area contributed by atoms with Gasteiger partial charge >= 0.3 is 39.5 Å². The molecule has 0 aliphatic carbocycles. The molecule has 0 heterocycles. The number of aliphatic hydroxyl groups excluding tert-OH is 1. The number of rotatable bonds is 43. The first-order chi connectivity index (χ1) is 29.2. The fraction of sp³-hybridized carbons (Fsp3) is 0.905. The van der Waals surface area contributed by atoms with Crippen molar-refractivity contribution in [2.24, 2.45) is 0 Å². The smallest absolute Gasteiger partial charge is 0.462 e. The maximum absolute atomic E-state index is 12.7. The number of ether oxygens (including phenoxy) is 4. The first-order valence-corrected chi connectivity index (χ1v) is 25.8. The van der Waals surface area contributed by atoms with Crippen LogP contribution in [0.5, 0.6) is 0 Å². The molecule has 5 atom stereocenters. The van der Waals surface area contributed by atoms with Gasteiger partial charge in [-0.1, -0.05) is 137 Å². The molecule has 0 bridgehead atoms. The van der Waals surface area contributed by atoms with Crippen LogP contribution in [0.2, 0.25) is 0 Å². The van der Waals surface area contributed by atoms with Crippen molar-refractivity contribution < 1.29 is 80.2 Å². The Bertz CT molecular complexity index is 1240. The largest absolute Gasteiger partial charge is 0.472 e. The third-order valence-corrected chi connectivity index (χ3v) is 11.2. The molecule has 0 amide bonds. The maximum atomic E-state index is 12.7. The van der Waals surface area contributed by atoms with Crippen molar-refractivity contribution in [3.8, 4) is 0 Å². The van der Waals surface area contributed by atoms with Crippen molar-refractivity contribution in [3.05, 3.63) is 0 Å². The SMILES string of the molecule is CCCCCCCCCCCC(=O)O[C@H](COC(=O)CCCCCCCCCC)COP(=O)(O)OC[C@@H](O)COP(=O)(O)OC[C@@H](COC(=O)CCCCC)OC(=O)CCC. The first-order valence-electron chi connectivity index (χ1n) is 22.8. The molecule has 2 unspecified atom stereocenters. The Balaban J connectivity index is 5.03. The molecule has 3 N–H and O–H groups in total. The Morgan fingerprint density at radius 2 is 0.689 bits per heavy atom. The van der Waals surface area contributed by atoms with E-state index in [1.54, 1.807) is 6.92 Å². The highest BCUT2D eigenvalue weighted by atomic mass is 31.2. The summed E-state index contributed by atoms with van der Waals surface area (Å²) in [6.07, 6.45) is 17.0. The van der Waals surface area contributed by atoms with E-state index in [1.807, 2.05) is 6.92 Å². The summed E-state index contributed by atoms with van der Waals surface area (Å²) in [5.74, 6) is -2.25. The molecular formula is C42H80O17P2. The molecule has 17 nitrogen and oxygen atoms in total. The lowest BCUT2D eigenvalue weighted by molar-refractivity contribution is -0.161. The minimum absolute atomic E-state index is 0.0525. The van der Waals surface area contributed by atoms with Crippen LogP contribution in [-0.2, 0) is 65.4 Å². The summed E-state index contributed by atoms with van der Waals surface area (Å²) >= 11 is 0. The number of unbranched alkanes of at least 4 members (excludes halogenated alkanes) is 17. The van der Waals surface area contributed by atoms with Gasteiger partial charge in [0, 0.05) is 25.7 Å². The van der Waals surface area contributed by atoms with Crippen molar-refractivity contribution >= 4 is 39.5 Å². The van der Waals surface area contributed by atoms with E-state index < -0.39 is 97.5 Å². The molecular weight excluding hydrogens is 838 g/mol. The molecule has 0 rings (SSSR count). The van der Waals surface area contributed by atoms with E-state index in [1.165, 1.54) is 44.9 Å². The Morgan fingerprint density at radius 1 is 0.393 bits per heavy atom. The van der Waals surface area contributed by atoms with E-state index >= 15 is 0 Å². The second-order valence-corrected chi connectivity index (χ2v) is 18.3. The molecule has 0 saturated carbocycles. The summed E-state index contributed by atoms with van der Waals surface area (Å²) in [6.45, 7) is 4.08. The first kappa shape index (κ1) is 59.1. The normalized spacial score (nSPS) is 14.9. The fourth-order valence-corrected chi connectivity index (χ4v) is 7.36. The summed E-state index contributed by atoms with van der Waals surface area (Å²) in [5.41, 5.74) is 0. The number of phosphoric ester groups is 2. The van der Waals surface area contributed by atoms with Gasteiger partial charge in [0.15, 0.2) is 12.2 Å². The lowest BCUT2D eigenvalue weighted by Crippen LogP contribution is -2.30. The second kappa shape index (κ2) is 38.5. The van der Waals surface area contributed by atoms with Crippen molar-refractivity contribution in [3.63, 3.8) is 0 Å². The highest BCUT2D eigenvalue weighted by molar-refractivity contribution is 7.47. The van der Waals surface area contributed by atoms with Gasteiger partial charge in [0.1, 0.15) is 19.3 Å². The number of aliphatic hydroxyl groups is 1. The minimum atomic E-state index is -4.91. The summed E-state index contributed by atoms with van der Waals surface area (Å²) in [4.78, 5) is 69.6. The number of carbonyl (C=O) groups excluding carboxylic acids is 4. The van der Waals surface area contributed by atoms with E-state index in [4.69, 9.17) is 37.0 Å². The third kappa shape index (κ3) is 38.3. The number of phosphoric acid groups is 2. The predicted octanol–water partition coefficient (Wildman–Crippen LogP) is 9.36. The van der Waals surface area contributed by atoms with Gasteiger partial charge in [-0.25, -0.2) is 9.13 Å². The monoisotopic (exact) mass is 918 g/mol. The van der Waals surface area contributed by atoms with Crippen molar-refractivity contribution in [1.29, 1.82) is 0 Å². The van der Waals surface area contributed by atoms with Crippen LogP contribution in [0, 0.1) is 0 Å². The van der Waals surface area contributed by atoms with Gasteiger partial charge < -0.3 is 33.8 Å². The van der Waals surface area contributed by atoms with Gasteiger partial charge in [0.25, 0.3) is 0 Å². The zero-order valence-corrected chi connectivity index (χ0v) is 39.4. The second-order valence-electron chi connectivity index (χ2n) is 15.4. The van der Waals surface area contributed by atoms with Crippen LogP contribution in [-0.4, -0.2) is 96.7 Å². The molecule has 360 valence electrons. The van der Waals surface area contributed by atoms with Gasteiger partial charge in [-0.05, 0) is 25.7 Å². The lowest BCUT2D eigenvalue weighted by Gasteiger charge is -2.21. The number of hydrogen-bond donors (Lipinski definition) is 3. The lowest BCUT2D eigenvalue weighted by atomic mass is 10.1. The molecule has 0 aromatic heterocycles. The summed E-state index contributed by atoms with van der Waals surface area (Å²) in [6, 6.07) is 0. The number of carbonyl (C=O) groups is 4. The van der Waals surface area contributed by atoms with E-state index in [-0.39, 0.29) is 25.7 Å². The molecule has 0 aromatic carbocycles. The van der Waals surface area contributed by atoms with Gasteiger partial charge in [-0.3, -0.25) is 37.3 Å². The third-order valence-electron chi connectivity index (χ3n) is 9.32. The molecule has 0 spiro atoms. The number of esters is 4. The van der Waals surface area contributed by atoms with Crippen LogP contribution in [0.3, 0.4) is 0 Å². The summed E-state index contributed by atoms with van der Waals surface area (Å²) in [7, 11) is -9.79. The quantitative estimate of drug-likeness (QED) is 0.0223. The standard InChI is InChI=1S/C42H80O17P2/c1-5-9-12-14-16-18-20-22-25-29-42(47)59-38(33-53-40(45)28-24-21-19-17-15-13-10-6-2)35-57-61(50,51)55-31-36(43)30-54-60(48,49)56-34-37(58-41(46)26-8-4)32-52-39(44)27-23-11-7-3/h36-38,43H,5-35H2,1-4H3,(H,48,49)(H,50,51)/t36-,37+,38+/m0/s1. The molecule has 0 aliphatic rings. The predicted molar refractivity (Wildman–Crippen MR) is 229 cm³/mol. The Labute approximate surface area is 365 Å². The van der Waals surface area contributed by atoms with E-state index in [0.29, 0.717) is 25.7 Å². The van der Waals surface area contributed by atoms with Gasteiger partial charge in [0.05, 0.1) is 26.4 Å². The van der Waals surface area contributed by atoms with Crippen LogP contribution in [0.1, 0.15) is 188 Å². The molecule has 0 aliphatic heterocycles. The Hall–Kier alpha value is -1.94. The molecule has 0 radical (unpaired) electrons. The average molecular weight is 919 g/mol. The van der Waals surface area contributed by atoms with Crippen LogP contribution in [0.15, 0.2) is 0 Å². The van der Waals surface area contributed by atoms with Crippen LogP contribution >= 0.6 is 15.6 Å². The zero-order valence-electron chi connectivity index (χ0n) is 37.6. The highest BCUT2D eigenvalue weighted by Crippen LogP contribution is 2.45. The summed E-state index contributed by atoms with van der Waals surface area (Å²) in [5, 5.41) is 10.3. The van der Waals surface area contributed by atoms with Crippen molar-refractivity contribution in [1.82, 2.24) is 0 Å². The Kier molecular flexibility index (Phi) is 37.3. The van der Waals surface area contributed by atoms with Gasteiger partial charge in [0.2, 0.25) is 0 Å². The fourth-order valence-electron chi connectivity index (χ4n) is 5.78. The highest BCUT2D eigenvalue weighted by Gasteiger charge is 2.30. The van der Waals surface area contributed by atoms with E-state index in [9.17, 15) is 43.2 Å². The molecule has 0 fully saturated rings. The molecule has 0 aromatic rings. The topological polar surface area (TPSA) is 237 Å². The van der Waals surface area contributed by atoms with E-state index in [2.05, 4.69) is 13.8 Å². The zero-order chi connectivity index (χ0) is 45.6.